The van der Waals surface area contributed by atoms with Crippen molar-refractivity contribution in [3.63, 3.8) is 0 Å². The topological polar surface area (TPSA) is 9.23 Å². The Balaban J connectivity index is 3.27. The minimum atomic E-state index is -0.231. The Morgan fingerprint density at radius 2 is 2.22 bits per heavy atom. The van der Waals surface area contributed by atoms with E-state index in [1.807, 2.05) is 6.92 Å². The van der Waals surface area contributed by atoms with Gasteiger partial charge in [0, 0.05) is 0 Å². The molecule has 0 aromatic rings. The van der Waals surface area contributed by atoms with Gasteiger partial charge in [0.25, 0.3) is 0 Å². The Hall–Kier alpha value is 0.107. The normalized spacial score (nSPS) is 11.1. The van der Waals surface area contributed by atoms with Crippen molar-refractivity contribution in [1.82, 2.24) is 0 Å². The molecule has 0 saturated carbocycles. The van der Waals surface area contributed by atoms with Gasteiger partial charge < -0.3 is 4.74 Å². The summed E-state index contributed by atoms with van der Waals surface area (Å²) in [7, 11) is -0.231. The highest BCUT2D eigenvalue weighted by atomic mass is 32.1. The zero-order valence-electron chi connectivity index (χ0n) is 6.31. The van der Waals surface area contributed by atoms with Crippen LogP contribution in [0.4, 0.5) is 0 Å². The molecule has 0 aliphatic carbocycles. The highest BCUT2D eigenvalue weighted by Gasteiger charge is 2.00. The molecule has 0 aliphatic rings. The Morgan fingerprint density at radius 1 is 1.67 bits per heavy atom. The zero-order chi connectivity index (χ0) is 7.28. The van der Waals surface area contributed by atoms with Gasteiger partial charge in [-0.3, -0.25) is 0 Å². The first-order chi connectivity index (χ1) is 4.16. The number of rotatable bonds is 3. The molecule has 3 heteroatoms. The predicted octanol–water partition coefficient (Wildman–Crippen LogP) is 1.30. The minimum Gasteiger partial charge on any atom is -0.493 e. The molecular weight excluding hydrogens is 148 g/mol. The fourth-order valence-electron chi connectivity index (χ4n) is 0.553. The van der Waals surface area contributed by atoms with Gasteiger partial charge in [0.05, 0.1) is 6.61 Å². The Labute approximate surface area is 64.6 Å². The quantitative estimate of drug-likeness (QED) is 0.457. The SMILES string of the molecule is CCOC(=S)[SiH2]C(C)C. The molecule has 0 heterocycles. The number of hydrogen-bond acceptors (Lipinski definition) is 2. The molecule has 0 aromatic heterocycles. The van der Waals surface area contributed by atoms with E-state index in [4.69, 9.17) is 17.0 Å². The van der Waals surface area contributed by atoms with Gasteiger partial charge in [-0.2, -0.15) is 0 Å². The standard InChI is InChI=1S/C6H14OSSi/c1-4-7-6(8)9-5(2)3/h5H,4,9H2,1-3H3. The third-order valence-electron chi connectivity index (χ3n) is 0.880. The van der Waals surface area contributed by atoms with E-state index in [9.17, 15) is 0 Å². The van der Waals surface area contributed by atoms with Gasteiger partial charge in [-0.1, -0.05) is 26.1 Å². The fourth-order valence-corrected chi connectivity index (χ4v) is 2.66. The lowest BCUT2D eigenvalue weighted by Gasteiger charge is -2.05. The van der Waals surface area contributed by atoms with Crippen LogP contribution in [0.15, 0.2) is 0 Å². The molecular formula is C6H14OSSi. The highest BCUT2D eigenvalue weighted by molar-refractivity contribution is 7.83. The van der Waals surface area contributed by atoms with Gasteiger partial charge in [-0.05, 0) is 12.5 Å². The average Bonchev–Trinajstić information content (AvgIpc) is 1.63. The lowest BCUT2D eigenvalue weighted by atomic mass is 10.6. The molecule has 0 rings (SSSR count). The van der Waals surface area contributed by atoms with Crippen molar-refractivity contribution < 1.29 is 4.74 Å². The number of hydrogen-bond donors (Lipinski definition) is 0. The van der Waals surface area contributed by atoms with E-state index in [2.05, 4.69) is 13.8 Å². The van der Waals surface area contributed by atoms with Gasteiger partial charge >= 0.3 is 0 Å². The molecule has 0 saturated heterocycles. The average molecular weight is 162 g/mol. The molecule has 9 heavy (non-hydrogen) atoms. The summed E-state index contributed by atoms with van der Waals surface area (Å²) in [5.74, 6) is 0. The zero-order valence-corrected chi connectivity index (χ0v) is 8.54. The monoisotopic (exact) mass is 162 g/mol. The summed E-state index contributed by atoms with van der Waals surface area (Å²) in [6.45, 7) is 7.09. The van der Waals surface area contributed by atoms with Crippen molar-refractivity contribution in [3.05, 3.63) is 0 Å². The van der Waals surface area contributed by atoms with Gasteiger partial charge in [0.1, 0.15) is 14.2 Å². The van der Waals surface area contributed by atoms with E-state index in [0.717, 1.165) is 16.8 Å². The van der Waals surface area contributed by atoms with Crippen molar-refractivity contribution in [3.8, 4) is 0 Å². The summed E-state index contributed by atoms with van der Waals surface area (Å²) in [6.07, 6.45) is 0. The van der Waals surface area contributed by atoms with Crippen LogP contribution in [0, 0.1) is 0 Å². The summed E-state index contributed by atoms with van der Waals surface area (Å²) >= 11 is 4.97. The second-order valence-electron chi connectivity index (χ2n) is 2.40. The number of thiocarbonyl (C=S) groups is 1. The van der Waals surface area contributed by atoms with Crippen molar-refractivity contribution in [2.45, 2.75) is 26.3 Å². The van der Waals surface area contributed by atoms with Gasteiger partial charge in [-0.25, -0.2) is 0 Å². The van der Waals surface area contributed by atoms with Crippen LogP contribution in [0.3, 0.4) is 0 Å². The predicted molar refractivity (Wildman–Crippen MR) is 47.9 cm³/mol. The van der Waals surface area contributed by atoms with Crippen molar-refractivity contribution in [1.29, 1.82) is 0 Å². The lowest BCUT2D eigenvalue weighted by molar-refractivity contribution is 0.344. The van der Waals surface area contributed by atoms with Crippen molar-refractivity contribution in [2.24, 2.45) is 0 Å². The second-order valence-corrected chi connectivity index (χ2v) is 6.05. The first kappa shape index (κ1) is 9.11. The van der Waals surface area contributed by atoms with Crippen LogP contribution in [0.1, 0.15) is 20.8 Å². The third-order valence-corrected chi connectivity index (χ3v) is 2.85. The fraction of sp³-hybridized carbons (Fsp3) is 0.833. The molecule has 0 atom stereocenters. The van der Waals surface area contributed by atoms with E-state index in [1.54, 1.807) is 0 Å². The molecule has 0 unspecified atom stereocenters. The smallest absolute Gasteiger partial charge is 0.128 e. The molecule has 1 nitrogen and oxygen atoms in total. The van der Waals surface area contributed by atoms with Crippen LogP contribution in [-0.4, -0.2) is 20.8 Å². The van der Waals surface area contributed by atoms with Crippen LogP contribution in [-0.2, 0) is 4.74 Å². The van der Waals surface area contributed by atoms with Gasteiger partial charge in [-0.15, -0.1) is 0 Å². The summed E-state index contributed by atoms with van der Waals surface area (Å²) in [5, 5.41) is 0. The molecule has 0 aliphatic heterocycles. The van der Waals surface area contributed by atoms with E-state index in [1.165, 1.54) is 0 Å². The molecule has 0 aromatic carbocycles. The molecule has 0 amide bonds. The highest BCUT2D eigenvalue weighted by Crippen LogP contribution is 1.98. The molecule has 0 N–H and O–H groups in total. The van der Waals surface area contributed by atoms with Crippen LogP contribution >= 0.6 is 12.2 Å². The van der Waals surface area contributed by atoms with Crippen LogP contribution in [0.5, 0.6) is 0 Å². The summed E-state index contributed by atoms with van der Waals surface area (Å²) in [5.41, 5.74) is 0.754. The van der Waals surface area contributed by atoms with E-state index >= 15 is 0 Å². The van der Waals surface area contributed by atoms with E-state index in [0.29, 0.717) is 0 Å². The molecule has 0 bridgehead atoms. The molecule has 0 spiro atoms. The summed E-state index contributed by atoms with van der Waals surface area (Å²) < 4.78 is 6.03. The molecule has 0 radical (unpaired) electrons. The van der Waals surface area contributed by atoms with Crippen molar-refractivity contribution >= 4 is 26.4 Å². The van der Waals surface area contributed by atoms with Crippen LogP contribution in [0.25, 0.3) is 0 Å². The van der Waals surface area contributed by atoms with Crippen LogP contribution < -0.4 is 0 Å². The van der Waals surface area contributed by atoms with Gasteiger partial charge in [0.15, 0.2) is 0 Å². The lowest BCUT2D eigenvalue weighted by Crippen LogP contribution is -2.12. The summed E-state index contributed by atoms with van der Waals surface area (Å²) in [6, 6.07) is 0. The Bertz CT molecular complexity index is 93.1. The third kappa shape index (κ3) is 5.99. The first-order valence-electron chi connectivity index (χ1n) is 3.32. The van der Waals surface area contributed by atoms with Crippen molar-refractivity contribution in [2.75, 3.05) is 6.61 Å². The van der Waals surface area contributed by atoms with Gasteiger partial charge in [0.2, 0.25) is 0 Å². The van der Waals surface area contributed by atoms with E-state index in [-0.39, 0.29) is 9.52 Å². The summed E-state index contributed by atoms with van der Waals surface area (Å²) in [4.78, 5) is 0. The number of ether oxygens (including phenoxy) is 1. The largest absolute Gasteiger partial charge is 0.493 e. The molecule has 0 fully saturated rings. The maximum atomic E-state index is 5.15. The first-order valence-corrected chi connectivity index (χ1v) is 5.25. The van der Waals surface area contributed by atoms with Crippen LogP contribution in [0.2, 0.25) is 5.54 Å². The minimum absolute atomic E-state index is 0.231. The second kappa shape index (κ2) is 4.94. The Kier molecular flexibility index (Phi) is 5.00. The Morgan fingerprint density at radius 3 is 2.56 bits per heavy atom. The maximum Gasteiger partial charge on any atom is 0.128 e. The molecule has 54 valence electrons. The van der Waals surface area contributed by atoms with E-state index < -0.39 is 0 Å². The maximum absolute atomic E-state index is 5.15.